The summed E-state index contributed by atoms with van der Waals surface area (Å²) in [6.45, 7) is 7.32. The van der Waals surface area contributed by atoms with Gasteiger partial charge in [0.25, 0.3) is 5.91 Å². The Hall–Kier alpha value is -1.89. The van der Waals surface area contributed by atoms with Crippen LogP contribution in [0.5, 0.6) is 0 Å². The van der Waals surface area contributed by atoms with Crippen LogP contribution in [-0.4, -0.2) is 80.2 Å². The summed E-state index contributed by atoms with van der Waals surface area (Å²) >= 11 is 0. The van der Waals surface area contributed by atoms with Gasteiger partial charge in [-0.25, -0.2) is 5.06 Å². The van der Waals surface area contributed by atoms with E-state index in [0.717, 1.165) is 32.5 Å². The van der Waals surface area contributed by atoms with E-state index in [9.17, 15) is 4.79 Å². The van der Waals surface area contributed by atoms with E-state index in [-0.39, 0.29) is 17.9 Å². The quantitative estimate of drug-likeness (QED) is 0.551. The van der Waals surface area contributed by atoms with Crippen molar-refractivity contribution in [2.75, 3.05) is 52.7 Å². The standard InChI is InChI=1S/C24H36N4O2/c1-16(2)28(30-11-7-10-26(3)4)24(29)18-12-20-19-8-6-9-21-23(19)17(14-25-21)13-22(20)27(5)15-18/h6,8-9,12,16-18,22,25H,7,10-11,13-15H2,1-5H3. The normalized spacial score (nSPS) is 25.0. The van der Waals surface area contributed by atoms with Gasteiger partial charge in [-0.2, -0.15) is 0 Å². The summed E-state index contributed by atoms with van der Waals surface area (Å²) in [5.41, 5.74) is 5.35. The summed E-state index contributed by atoms with van der Waals surface area (Å²) in [5.74, 6) is 0.458. The number of carbonyl (C=O) groups is 1. The molecule has 3 aliphatic rings. The zero-order chi connectivity index (χ0) is 21.4. The molecule has 164 valence electrons. The van der Waals surface area contributed by atoms with E-state index in [4.69, 9.17) is 4.84 Å². The summed E-state index contributed by atoms with van der Waals surface area (Å²) < 4.78 is 0. The largest absolute Gasteiger partial charge is 0.384 e. The molecule has 0 radical (unpaired) electrons. The van der Waals surface area contributed by atoms with E-state index < -0.39 is 0 Å². The van der Waals surface area contributed by atoms with Crippen LogP contribution in [0.4, 0.5) is 5.69 Å². The number of fused-ring (bicyclic) bond motifs is 2. The molecular weight excluding hydrogens is 376 g/mol. The van der Waals surface area contributed by atoms with Gasteiger partial charge in [0.15, 0.2) is 0 Å². The van der Waals surface area contributed by atoms with E-state index in [1.165, 1.54) is 22.4 Å². The molecule has 3 unspecified atom stereocenters. The smallest absolute Gasteiger partial charge is 0.254 e. The molecule has 0 spiro atoms. The number of rotatable bonds is 7. The Morgan fingerprint density at radius 3 is 2.87 bits per heavy atom. The molecule has 30 heavy (non-hydrogen) atoms. The Labute approximate surface area is 180 Å². The molecule has 4 rings (SSSR count). The Kier molecular flexibility index (Phi) is 6.19. The molecule has 2 heterocycles. The maximum Gasteiger partial charge on any atom is 0.254 e. The number of carbonyl (C=O) groups excluding carboxylic acids is 1. The lowest BCUT2D eigenvalue weighted by Gasteiger charge is -2.42. The molecule has 1 N–H and O–H groups in total. The summed E-state index contributed by atoms with van der Waals surface area (Å²) in [5, 5.41) is 5.17. The van der Waals surface area contributed by atoms with Gasteiger partial charge in [0.1, 0.15) is 0 Å². The lowest BCUT2D eigenvalue weighted by Crippen LogP contribution is -2.49. The molecule has 0 aromatic heterocycles. The second-order valence-corrected chi connectivity index (χ2v) is 9.51. The fourth-order valence-corrected chi connectivity index (χ4v) is 5.17. The van der Waals surface area contributed by atoms with Gasteiger partial charge in [0.05, 0.1) is 18.6 Å². The van der Waals surface area contributed by atoms with E-state index >= 15 is 0 Å². The van der Waals surface area contributed by atoms with Crippen molar-refractivity contribution in [2.24, 2.45) is 5.92 Å². The first kappa shape index (κ1) is 21.3. The fraction of sp³-hybridized carbons (Fsp3) is 0.625. The minimum Gasteiger partial charge on any atom is -0.384 e. The number of anilines is 1. The molecule has 0 saturated carbocycles. The Balaban J connectivity index is 1.56. The van der Waals surface area contributed by atoms with Gasteiger partial charge in [0.2, 0.25) is 0 Å². The highest BCUT2D eigenvalue weighted by Gasteiger charge is 2.41. The zero-order valence-electron chi connectivity index (χ0n) is 19.0. The number of benzene rings is 1. The van der Waals surface area contributed by atoms with Crippen molar-refractivity contribution in [1.29, 1.82) is 0 Å². The molecule has 1 amide bonds. The Bertz CT molecular complexity index is 819. The molecule has 6 nitrogen and oxygen atoms in total. The van der Waals surface area contributed by atoms with Crippen molar-refractivity contribution in [3.8, 4) is 0 Å². The number of amides is 1. The molecule has 1 aromatic carbocycles. The summed E-state index contributed by atoms with van der Waals surface area (Å²) in [7, 11) is 6.26. The van der Waals surface area contributed by atoms with Crippen LogP contribution in [0.3, 0.4) is 0 Å². The maximum absolute atomic E-state index is 13.5. The molecule has 0 fully saturated rings. The zero-order valence-corrected chi connectivity index (χ0v) is 19.0. The van der Waals surface area contributed by atoms with Gasteiger partial charge >= 0.3 is 0 Å². The second-order valence-electron chi connectivity index (χ2n) is 9.51. The minimum atomic E-state index is -0.181. The molecule has 0 bridgehead atoms. The average Bonchev–Trinajstić information content (AvgIpc) is 3.12. The van der Waals surface area contributed by atoms with Crippen LogP contribution in [0.1, 0.15) is 43.7 Å². The van der Waals surface area contributed by atoms with E-state index in [2.05, 4.69) is 60.5 Å². The predicted molar refractivity (Wildman–Crippen MR) is 121 cm³/mol. The Morgan fingerprint density at radius 1 is 1.33 bits per heavy atom. The van der Waals surface area contributed by atoms with E-state index in [1.54, 1.807) is 5.06 Å². The number of hydroxylamine groups is 2. The highest BCUT2D eigenvalue weighted by molar-refractivity contribution is 5.87. The molecular formula is C24H36N4O2. The van der Waals surface area contributed by atoms with Crippen LogP contribution in [0.15, 0.2) is 24.3 Å². The van der Waals surface area contributed by atoms with Crippen LogP contribution in [0.25, 0.3) is 5.57 Å². The van der Waals surface area contributed by atoms with Crippen LogP contribution in [0, 0.1) is 5.92 Å². The van der Waals surface area contributed by atoms with Gasteiger partial charge in [-0.15, -0.1) is 0 Å². The predicted octanol–water partition coefficient (Wildman–Crippen LogP) is 3.03. The first-order chi connectivity index (χ1) is 14.4. The summed E-state index contributed by atoms with van der Waals surface area (Å²) in [6, 6.07) is 6.94. The molecule has 1 aromatic rings. The van der Waals surface area contributed by atoms with E-state index in [0.29, 0.717) is 18.6 Å². The van der Waals surface area contributed by atoms with Crippen LogP contribution < -0.4 is 5.32 Å². The van der Waals surface area contributed by atoms with Gasteiger partial charge in [-0.05, 0) is 77.1 Å². The molecule has 2 aliphatic heterocycles. The molecule has 0 saturated heterocycles. The topological polar surface area (TPSA) is 48.1 Å². The Morgan fingerprint density at radius 2 is 2.13 bits per heavy atom. The van der Waals surface area contributed by atoms with Crippen molar-refractivity contribution in [1.82, 2.24) is 14.9 Å². The highest BCUT2D eigenvalue weighted by atomic mass is 16.7. The SMILES string of the molecule is CC(C)N(OCCCN(C)C)C(=O)C1C=C2c3cccc4c3C(CN4)CC2N(C)C1. The highest BCUT2D eigenvalue weighted by Crippen LogP contribution is 2.48. The number of nitrogens with one attached hydrogen (secondary N) is 1. The third kappa shape index (κ3) is 4.01. The number of hydrogen-bond acceptors (Lipinski definition) is 5. The van der Waals surface area contributed by atoms with Crippen LogP contribution >= 0.6 is 0 Å². The maximum atomic E-state index is 13.5. The summed E-state index contributed by atoms with van der Waals surface area (Å²) in [6.07, 6.45) is 4.26. The van der Waals surface area contributed by atoms with Crippen molar-refractivity contribution >= 4 is 17.2 Å². The minimum absolute atomic E-state index is 0.0131. The fourth-order valence-electron chi connectivity index (χ4n) is 5.17. The van der Waals surface area contributed by atoms with Crippen LogP contribution in [-0.2, 0) is 9.63 Å². The molecule has 6 heteroatoms. The second kappa shape index (κ2) is 8.69. The number of likely N-dealkylation sites (N-methyl/N-ethyl adjacent to an activating group) is 1. The lowest BCUT2D eigenvalue weighted by atomic mass is 9.74. The van der Waals surface area contributed by atoms with Crippen LogP contribution in [0.2, 0.25) is 0 Å². The van der Waals surface area contributed by atoms with Crippen molar-refractivity contribution < 1.29 is 9.63 Å². The van der Waals surface area contributed by atoms with E-state index in [1.807, 2.05) is 13.8 Å². The number of hydrogen-bond donors (Lipinski definition) is 1. The van der Waals surface area contributed by atoms with Gasteiger partial charge in [0, 0.05) is 30.7 Å². The van der Waals surface area contributed by atoms with Gasteiger partial charge < -0.3 is 10.2 Å². The monoisotopic (exact) mass is 412 g/mol. The first-order valence-corrected chi connectivity index (χ1v) is 11.3. The third-order valence-electron chi connectivity index (χ3n) is 6.61. The first-order valence-electron chi connectivity index (χ1n) is 11.3. The van der Waals surface area contributed by atoms with Crippen molar-refractivity contribution in [2.45, 2.75) is 44.7 Å². The molecule has 3 atom stereocenters. The summed E-state index contributed by atoms with van der Waals surface area (Å²) in [4.78, 5) is 23.9. The lowest BCUT2D eigenvalue weighted by molar-refractivity contribution is -0.200. The van der Waals surface area contributed by atoms with Crippen molar-refractivity contribution in [3.05, 3.63) is 35.4 Å². The van der Waals surface area contributed by atoms with Gasteiger partial charge in [-0.3, -0.25) is 14.5 Å². The van der Waals surface area contributed by atoms with Crippen molar-refractivity contribution in [3.63, 3.8) is 0 Å². The third-order valence-corrected chi connectivity index (χ3v) is 6.61. The van der Waals surface area contributed by atoms with Gasteiger partial charge in [-0.1, -0.05) is 18.2 Å². The molecule has 1 aliphatic carbocycles. The average molecular weight is 413 g/mol. The number of nitrogens with zero attached hydrogens (tertiary/aromatic N) is 3.